The van der Waals surface area contributed by atoms with Crippen molar-refractivity contribution in [1.82, 2.24) is 5.32 Å². The van der Waals surface area contributed by atoms with Crippen LogP contribution in [0.4, 0.5) is 0 Å². The highest BCUT2D eigenvalue weighted by molar-refractivity contribution is 5.79. The minimum atomic E-state index is -0.945. The Morgan fingerprint density at radius 3 is 2.87 bits per heavy atom. The summed E-state index contributed by atoms with van der Waals surface area (Å²) in [5.41, 5.74) is 2.34. The van der Waals surface area contributed by atoms with Crippen LogP contribution in [0.3, 0.4) is 0 Å². The monoisotopic (exact) mass is 205 g/mol. The quantitative estimate of drug-likeness (QED) is 0.741. The van der Waals surface area contributed by atoms with Crippen molar-refractivity contribution in [3.63, 3.8) is 0 Å². The van der Waals surface area contributed by atoms with Crippen molar-refractivity contribution in [2.75, 3.05) is 0 Å². The van der Waals surface area contributed by atoms with E-state index in [1.165, 1.54) is 11.8 Å². The number of rotatable bonds is 4. The molecule has 0 spiro atoms. The Labute approximate surface area is 89.4 Å². The van der Waals surface area contributed by atoms with E-state index in [0.717, 1.165) is 11.6 Å². The van der Waals surface area contributed by atoms with Gasteiger partial charge in [0.15, 0.2) is 0 Å². The lowest BCUT2D eigenvalue weighted by Gasteiger charge is -2.12. The van der Waals surface area contributed by atoms with Gasteiger partial charge in [-0.1, -0.05) is 29.8 Å². The van der Waals surface area contributed by atoms with Crippen LogP contribution < -0.4 is 5.32 Å². The first-order valence-corrected chi connectivity index (χ1v) is 4.81. The molecule has 0 unspecified atom stereocenters. The molecule has 80 valence electrons. The number of carbonyl (C=O) groups is 1. The minimum Gasteiger partial charge on any atom is -0.478 e. The highest BCUT2D eigenvalue weighted by atomic mass is 16.4. The summed E-state index contributed by atoms with van der Waals surface area (Å²) in [6.45, 7) is 4.02. The molecule has 0 aromatic heterocycles. The van der Waals surface area contributed by atoms with Crippen LogP contribution in [0.15, 0.2) is 36.5 Å². The number of benzene rings is 1. The van der Waals surface area contributed by atoms with Gasteiger partial charge in [-0.25, -0.2) is 4.79 Å². The lowest BCUT2D eigenvalue weighted by atomic mass is 10.1. The third kappa shape index (κ3) is 3.85. The number of carboxylic acid groups (broad SMARTS) is 1. The predicted molar refractivity (Wildman–Crippen MR) is 59.5 cm³/mol. The maximum atomic E-state index is 10.2. The third-order valence-corrected chi connectivity index (χ3v) is 2.11. The zero-order chi connectivity index (χ0) is 11.3. The average molecular weight is 205 g/mol. The summed E-state index contributed by atoms with van der Waals surface area (Å²) >= 11 is 0. The number of carboxylic acids is 1. The molecular weight excluding hydrogens is 190 g/mol. The summed E-state index contributed by atoms with van der Waals surface area (Å²) in [7, 11) is 0. The van der Waals surface area contributed by atoms with Gasteiger partial charge in [0.2, 0.25) is 0 Å². The van der Waals surface area contributed by atoms with Gasteiger partial charge in [-0.2, -0.15) is 0 Å². The molecule has 0 radical (unpaired) electrons. The molecule has 3 nitrogen and oxygen atoms in total. The van der Waals surface area contributed by atoms with E-state index in [4.69, 9.17) is 5.11 Å². The number of nitrogens with one attached hydrogen (secondary N) is 1. The van der Waals surface area contributed by atoms with Gasteiger partial charge in [0.1, 0.15) is 0 Å². The summed E-state index contributed by atoms with van der Waals surface area (Å²) in [6.07, 6.45) is 2.54. The van der Waals surface area contributed by atoms with Gasteiger partial charge in [-0.05, 0) is 19.4 Å². The van der Waals surface area contributed by atoms with Gasteiger partial charge in [0.25, 0.3) is 0 Å². The summed E-state index contributed by atoms with van der Waals surface area (Å²) in [5, 5.41) is 11.4. The van der Waals surface area contributed by atoms with Crippen molar-refractivity contribution >= 4 is 5.97 Å². The molecule has 0 bridgehead atoms. The van der Waals surface area contributed by atoms with E-state index in [-0.39, 0.29) is 6.04 Å². The predicted octanol–water partition coefficient (Wildman–Crippen LogP) is 2.24. The summed E-state index contributed by atoms with van der Waals surface area (Å²) < 4.78 is 0. The number of hydrogen-bond donors (Lipinski definition) is 2. The van der Waals surface area contributed by atoms with Crippen LogP contribution >= 0.6 is 0 Å². The molecule has 0 aliphatic carbocycles. The molecule has 15 heavy (non-hydrogen) atoms. The highest BCUT2D eigenvalue weighted by Crippen LogP contribution is 2.13. The van der Waals surface area contributed by atoms with Gasteiger partial charge in [-0.3, -0.25) is 0 Å². The smallest absolute Gasteiger partial charge is 0.329 e. The van der Waals surface area contributed by atoms with E-state index < -0.39 is 5.97 Å². The summed E-state index contributed by atoms with van der Waals surface area (Å²) in [6, 6.07) is 8.22. The first kappa shape index (κ1) is 11.3. The van der Waals surface area contributed by atoms with E-state index in [1.807, 2.05) is 32.0 Å². The fourth-order valence-electron chi connectivity index (χ4n) is 1.30. The SMILES string of the molecule is Cc1cccc([C@H](C)N/C=C/C(=O)O)c1. The molecule has 1 aromatic carbocycles. The third-order valence-electron chi connectivity index (χ3n) is 2.11. The molecule has 1 aromatic rings. The first-order chi connectivity index (χ1) is 7.09. The Balaban J connectivity index is 2.61. The maximum Gasteiger partial charge on any atom is 0.329 e. The first-order valence-electron chi connectivity index (χ1n) is 4.81. The van der Waals surface area contributed by atoms with Crippen LogP contribution in [0.5, 0.6) is 0 Å². The Bertz CT molecular complexity index is 372. The molecule has 0 aliphatic heterocycles. The summed E-state index contributed by atoms with van der Waals surface area (Å²) in [4.78, 5) is 10.2. The molecule has 3 heteroatoms. The summed E-state index contributed by atoms with van der Waals surface area (Å²) in [5.74, 6) is -0.945. The van der Waals surface area contributed by atoms with Crippen molar-refractivity contribution in [2.45, 2.75) is 19.9 Å². The largest absolute Gasteiger partial charge is 0.478 e. The van der Waals surface area contributed by atoms with Crippen LogP contribution in [0.2, 0.25) is 0 Å². The molecule has 0 aliphatic rings. The Morgan fingerprint density at radius 1 is 1.53 bits per heavy atom. The van der Waals surface area contributed by atoms with Gasteiger partial charge >= 0.3 is 5.97 Å². The minimum absolute atomic E-state index is 0.112. The van der Waals surface area contributed by atoms with Gasteiger partial charge in [-0.15, -0.1) is 0 Å². The van der Waals surface area contributed by atoms with Crippen molar-refractivity contribution < 1.29 is 9.90 Å². The fraction of sp³-hybridized carbons (Fsp3) is 0.250. The number of aliphatic carboxylic acids is 1. The lowest BCUT2D eigenvalue weighted by molar-refractivity contribution is -0.131. The highest BCUT2D eigenvalue weighted by Gasteiger charge is 2.01. The van der Waals surface area contributed by atoms with Crippen LogP contribution in [-0.4, -0.2) is 11.1 Å². The van der Waals surface area contributed by atoms with E-state index >= 15 is 0 Å². The zero-order valence-electron chi connectivity index (χ0n) is 8.90. The molecule has 0 saturated heterocycles. The van der Waals surface area contributed by atoms with Crippen LogP contribution in [0.1, 0.15) is 24.1 Å². The van der Waals surface area contributed by atoms with E-state index in [9.17, 15) is 4.79 Å². The molecule has 0 heterocycles. The van der Waals surface area contributed by atoms with Crippen molar-refractivity contribution in [3.05, 3.63) is 47.7 Å². The molecule has 1 atom stereocenters. The molecule has 1 rings (SSSR count). The van der Waals surface area contributed by atoms with Crippen LogP contribution in [0.25, 0.3) is 0 Å². The van der Waals surface area contributed by atoms with Crippen molar-refractivity contribution in [2.24, 2.45) is 0 Å². The molecule has 0 amide bonds. The van der Waals surface area contributed by atoms with Gasteiger partial charge in [0, 0.05) is 18.3 Å². The Kier molecular flexibility index (Phi) is 3.92. The molecular formula is C12H15NO2. The topological polar surface area (TPSA) is 49.3 Å². The van der Waals surface area contributed by atoms with Crippen LogP contribution in [0, 0.1) is 6.92 Å². The maximum absolute atomic E-state index is 10.2. The molecule has 0 fully saturated rings. The Morgan fingerprint density at radius 2 is 2.27 bits per heavy atom. The molecule has 0 saturated carbocycles. The van der Waals surface area contributed by atoms with Crippen molar-refractivity contribution in [3.8, 4) is 0 Å². The van der Waals surface area contributed by atoms with E-state index in [0.29, 0.717) is 0 Å². The second-order valence-corrected chi connectivity index (χ2v) is 3.47. The standard InChI is InChI=1S/C12H15NO2/c1-9-4-3-5-11(8-9)10(2)13-7-6-12(14)15/h3-8,10,13H,1-2H3,(H,14,15)/b7-6+/t10-/m0/s1. The van der Waals surface area contributed by atoms with Gasteiger partial charge in [0.05, 0.1) is 0 Å². The van der Waals surface area contributed by atoms with E-state index in [2.05, 4.69) is 11.4 Å². The van der Waals surface area contributed by atoms with Crippen LogP contribution in [-0.2, 0) is 4.79 Å². The lowest BCUT2D eigenvalue weighted by Crippen LogP contribution is -2.12. The Hall–Kier alpha value is -1.77. The van der Waals surface area contributed by atoms with Crippen molar-refractivity contribution in [1.29, 1.82) is 0 Å². The van der Waals surface area contributed by atoms with E-state index in [1.54, 1.807) is 0 Å². The molecule has 2 N–H and O–H groups in total. The average Bonchev–Trinajstić information content (AvgIpc) is 2.17. The number of aryl methyl sites for hydroxylation is 1. The van der Waals surface area contributed by atoms with Gasteiger partial charge < -0.3 is 10.4 Å². The fourth-order valence-corrected chi connectivity index (χ4v) is 1.30. The zero-order valence-corrected chi connectivity index (χ0v) is 8.90. The normalized spacial score (nSPS) is 12.7. The second kappa shape index (κ2) is 5.20. The second-order valence-electron chi connectivity index (χ2n) is 3.47. The number of hydrogen-bond acceptors (Lipinski definition) is 2.